The van der Waals surface area contributed by atoms with Gasteiger partial charge in [0.1, 0.15) is 7.85 Å². The number of piperidine rings is 1. The number of ether oxygens (including phenoxy) is 1. The molecule has 24 heavy (non-hydrogen) atoms. The van der Waals surface area contributed by atoms with E-state index in [0.717, 1.165) is 52.2 Å². The second-order valence-corrected chi connectivity index (χ2v) is 6.88. The van der Waals surface area contributed by atoms with Crippen LogP contribution in [0.2, 0.25) is 0 Å². The predicted octanol–water partition coefficient (Wildman–Crippen LogP) is 0.529. The summed E-state index contributed by atoms with van der Waals surface area (Å²) in [6.45, 7) is 5.56. The molecular weight excluding hydrogens is 299 g/mol. The lowest BCUT2D eigenvalue weighted by atomic mass is 9.93. The first-order chi connectivity index (χ1) is 11.7. The number of allylic oxidation sites excluding steroid dienone is 1. The highest BCUT2D eigenvalue weighted by Crippen LogP contribution is 2.20. The molecular formula is C19H27BN2O2. The zero-order chi connectivity index (χ0) is 16.8. The Labute approximate surface area is 145 Å². The van der Waals surface area contributed by atoms with E-state index in [0.29, 0.717) is 12.5 Å². The molecule has 2 heterocycles. The van der Waals surface area contributed by atoms with Gasteiger partial charge in [-0.3, -0.25) is 9.69 Å². The predicted molar refractivity (Wildman–Crippen MR) is 100 cm³/mol. The first-order valence-electron chi connectivity index (χ1n) is 9.03. The molecule has 2 saturated heterocycles. The normalized spacial score (nSPS) is 20.6. The van der Waals surface area contributed by atoms with Crippen LogP contribution < -0.4 is 5.46 Å². The van der Waals surface area contributed by atoms with E-state index in [-0.39, 0.29) is 5.91 Å². The maximum Gasteiger partial charge on any atom is 0.236 e. The van der Waals surface area contributed by atoms with Gasteiger partial charge in [0.2, 0.25) is 5.91 Å². The third-order valence-electron chi connectivity index (χ3n) is 4.99. The number of carbonyl (C=O) groups is 1. The molecule has 0 unspecified atom stereocenters. The molecule has 1 amide bonds. The van der Waals surface area contributed by atoms with Crippen LogP contribution in [-0.4, -0.2) is 69.5 Å². The number of nitrogens with zero attached hydrogens (tertiary/aromatic N) is 2. The maximum atomic E-state index is 12.4. The number of amides is 1. The van der Waals surface area contributed by atoms with Crippen molar-refractivity contribution >= 4 is 25.3 Å². The van der Waals surface area contributed by atoms with Gasteiger partial charge in [0, 0.05) is 26.2 Å². The molecule has 4 nitrogen and oxygen atoms in total. The summed E-state index contributed by atoms with van der Waals surface area (Å²) in [5.74, 6) is 0.858. The lowest BCUT2D eigenvalue weighted by molar-refractivity contribution is -0.134. The number of benzene rings is 1. The summed E-state index contributed by atoms with van der Waals surface area (Å²) in [5.41, 5.74) is 2.55. The van der Waals surface area contributed by atoms with Gasteiger partial charge in [-0.15, -0.1) is 0 Å². The highest BCUT2D eigenvalue weighted by Gasteiger charge is 2.23. The van der Waals surface area contributed by atoms with Crippen LogP contribution in [0.15, 0.2) is 30.3 Å². The largest absolute Gasteiger partial charge is 0.379 e. The SMILES string of the molecule is Bc1ccc(/C=C/C2CCN(C(=O)CN3CCOCC3)CC2)cc1. The minimum Gasteiger partial charge on any atom is -0.379 e. The summed E-state index contributed by atoms with van der Waals surface area (Å²) in [7, 11) is 2.11. The van der Waals surface area contributed by atoms with Crippen molar-refractivity contribution in [1.29, 1.82) is 0 Å². The average molecular weight is 326 g/mol. The van der Waals surface area contributed by atoms with Crippen molar-refractivity contribution in [2.45, 2.75) is 12.8 Å². The van der Waals surface area contributed by atoms with Gasteiger partial charge in [0.05, 0.1) is 19.8 Å². The first kappa shape index (κ1) is 17.2. The van der Waals surface area contributed by atoms with Gasteiger partial charge in [-0.05, 0) is 24.3 Å². The zero-order valence-corrected chi connectivity index (χ0v) is 14.6. The van der Waals surface area contributed by atoms with Crippen LogP contribution in [0.1, 0.15) is 18.4 Å². The standard InChI is InChI=1S/C19H27BN2O2/c20-18-5-3-16(4-6-18)1-2-17-7-9-22(10-8-17)19(23)15-21-11-13-24-14-12-21/h1-6,17H,7-15,20H2/b2-1+. The van der Waals surface area contributed by atoms with Crippen LogP contribution in [0.4, 0.5) is 0 Å². The molecule has 2 aliphatic heterocycles. The average Bonchev–Trinajstić information content (AvgIpc) is 2.62. The minimum absolute atomic E-state index is 0.276. The molecule has 0 aromatic heterocycles. The molecule has 2 fully saturated rings. The van der Waals surface area contributed by atoms with Gasteiger partial charge in [-0.1, -0.05) is 41.9 Å². The van der Waals surface area contributed by atoms with Crippen LogP contribution in [0.3, 0.4) is 0 Å². The van der Waals surface area contributed by atoms with Gasteiger partial charge in [0.15, 0.2) is 0 Å². The second-order valence-electron chi connectivity index (χ2n) is 6.88. The Morgan fingerprint density at radius 3 is 2.46 bits per heavy atom. The van der Waals surface area contributed by atoms with Gasteiger partial charge in [-0.25, -0.2) is 0 Å². The Balaban J connectivity index is 1.43. The Bertz CT molecular complexity index is 559. The van der Waals surface area contributed by atoms with Crippen LogP contribution in [0.25, 0.3) is 6.08 Å². The van der Waals surface area contributed by atoms with E-state index in [4.69, 9.17) is 4.74 Å². The molecule has 0 radical (unpaired) electrons. The minimum atomic E-state index is 0.276. The van der Waals surface area contributed by atoms with Gasteiger partial charge in [0.25, 0.3) is 0 Å². The molecule has 0 spiro atoms. The number of hydrogen-bond donors (Lipinski definition) is 0. The summed E-state index contributed by atoms with van der Waals surface area (Å²) in [5, 5.41) is 0. The van der Waals surface area contributed by atoms with Crippen molar-refractivity contribution in [2.75, 3.05) is 45.9 Å². The van der Waals surface area contributed by atoms with Gasteiger partial charge in [-0.2, -0.15) is 0 Å². The lowest BCUT2D eigenvalue weighted by Gasteiger charge is -2.33. The molecule has 0 saturated carbocycles. The van der Waals surface area contributed by atoms with Crippen molar-refractivity contribution in [3.05, 3.63) is 35.9 Å². The molecule has 5 heteroatoms. The maximum absolute atomic E-state index is 12.4. The van der Waals surface area contributed by atoms with Crippen LogP contribution in [0, 0.1) is 5.92 Å². The van der Waals surface area contributed by atoms with Gasteiger partial charge >= 0.3 is 0 Å². The van der Waals surface area contributed by atoms with Crippen molar-refractivity contribution in [3.63, 3.8) is 0 Å². The summed E-state index contributed by atoms with van der Waals surface area (Å²) >= 11 is 0. The van der Waals surface area contributed by atoms with E-state index >= 15 is 0 Å². The van der Waals surface area contributed by atoms with Gasteiger partial charge < -0.3 is 9.64 Å². The molecule has 128 valence electrons. The van der Waals surface area contributed by atoms with Crippen molar-refractivity contribution in [2.24, 2.45) is 5.92 Å². The fourth-order valence-electron chi connectivity index (χ4n) is 3.32. The van der Waals surface area contributed by atoms with Crippen molar-refractivity contribution < 1.29 is 9.53 Å². The molecule has 1 aromatic carbocycles. The zero-order valence-electron chi connectivity index (χ0n) is 14.6. The van der Waals surface area contributed by atoms with Crippen LogP contribution in [-0.2, 0) is 9.53 Å². The highest BCUT2D eigenvalue weighted by molar-refractivity contribution is 6.32. The lowest BCUT2D eigenvalue weighted by Crippen LogP contribution is -2.46. The van der Waals surface area contributed by atoms with Crippen molar-refractivity contribution in [1.82, 2.24) is 9.80 Å². The quantitative estimate of drug-likeness (QED) is 0.757. The summed E-state index contributed by atoms with van der Waals surface area (Å²) in [6, 6.07) is 8.61. The van der Waals surface area contributed by atoms with E-state index in [1.165, 1.54) is 11.0 Å². The second kappa shape index (κ2) is 8.49. The van der Waals surface area contributed by atoms with E-state index in [1.54, 1.807) is 0 Å². The number of carbonyl (C=O) groups excluding carboxylic acids is 1. The number of likely N-dealkylation sites (tertiary alicyclic amines) is 1. The Morgan fingerprint density at radius 1 is 1.12 bits per heavy atom. The van der Waals surface area contributed by atoms with Crippen molar-refractivity contribution in [3.8, 4) is 0 Å². The molecule has 2 aliphatic rings. The highest BCUT2D eigenvalue weighted by atomic mass is 16.5. The summed E-state index contributed by atoms with van der Waals surface area (Å²) in [6.07, 6.45) is 6.66. The Kier molecular flexibility index (Phi) is 6.10. The van der Waals surface area contributed by atoms with E-state index in [2.05, 4.69) is 49.2 Å². The van der Waals surface area contributed by atoms with E-state index in [9.17, 15) is 4.79 Å². The first-order valence-corrected chi connectivity index (χ1v) is 9.03. The van der Waals surface area contributed by atoms with E-state index < -0.39 is 0 Å². The number of morpholine rings is 1. The van der Waals surface area contributed by atoms with E-state index in [1.807, 2.05) is 4.90 Å². The molecule has 1 aromatic rings. The molecule has 0 aliphatic carbocycles. The topological polar surface area (TPSA) is 32.8 Å². The summed E-state index contributed by atoms with van der Waals surface area (Å²) < 4.78 is 5.34. The molecule has 0 atom stereocenters. The summed E-state index contributed by atoms with van der Waals surface area (Å²) in [4.78, 5) is 16.6. The molecule has 3 rings (SSSR count). The van der Waals surface area contributed by atoms with Crippen LogP contribution in [0.5, 0.6) is 0 Å². The third-order valence-corrected chi connectivity index (χ3v) is 4.99. The molecule has 0 bridgehead atoms. The molecule has 0 N–H and O–H groups in total. The fraction of sp³-hybridized carbons (Fsp3) is 0.526. The number of rotatable bonds is 4. The monoisotopic (exact) mass is 326 g/mol. The Hall–Kier alpha value is -1.59. The Morgan fingerprint density at radius 2 is 1.79 bits per heavy atom. The number of hydrogen-bond acceptors (Lipinski definition) is 3. The smallest absolute Gasteiger partial charge is 0.236 e. The third kappa shape index (κ3) is 4.95. The van der Waals surface area contributed by atoms with Crippen LogP contribution >= 0.6 is 0 Å². The fourth-order valence-corrected chi connectivity index (χ4v) is 3.32.